The number of benzene rings is 1. The molecular weight excluding hydrogens is 176 g/mol. The van der Waals surface area contributed by atoms with Crippen molar-refractivity contribution in [2.75, 3.05) is 11.9 Å². The normalized spacial score (nSPS) is 10.2. The molecule has 0 aromatic heterocycles. The van der Waals surface area contributed by atoms with Gasteiger partial charge in [-0.2, -0.15) is 0 Å². The van der Waals surface area contributed by atoms with Gasteiger partial charge in [0.2, 0.25) is 0 Å². The molecule has 0 aliphatic rings. The van der Waals surface area contributed by atoms with Gasteiger partial charge >= 0.3 is 0 Å². The van der Waals surface area contributed by atoms with Crippen LogP contribution in [-0.4, -0.2) is 12.5 Å². The quantitative estimate of drug-likeness (QED) is 0.765. The third-order valence-electron chi connectivity index (χ3n) is 1.89. The summed E-state index contributed by atoms with van der Waals surface area (Å²) >= 11 is 0. The van der Waals surface area contributed by atoms with Crippen LogP contribution in [0, 0.1) is 5.92 Å². The van der Waals surface area contributed by atoms with Gasteiger partial charge in [-0.3, -0.25) is 4.79 Å². The van der Waals surface area contributed by atoms with Crippen molar-refractivity contribution in [2.24, 2.45) is 11.7 Å². The standard InChI is InChI=1S/C11H16N2O/c1-8(2)7-13-10-6-4-3-5-9(10)11(12)14/h3-6,8,13H,7H2,1-2H3,(H2,12,14). The summed E-state index contributed by atoms with van der Waals surface area (Å²) in [5.74, 6) is 0.146. The lowest BCUT2D eigenvalue weighted by Gasteiger charge is -2.11. The first-order valence-corrected chi connectivity index (χ1v) is 4.74. The Morgan fingerprint density at radius 2 is 2.07 bits per heavy atom. The molecule has 0 aliphatic heterocycles. The van der Waals surface area contributed by atoms with Crippen molar-refractivity contribution in [1.29, 1.82) is 0 Å². The Kier molecular flexibility index (Phi) is 3.51. The van der Waals surface area contributed by atoms with E-state index in [1.165, 1.54) is 0 Å². The van der Waals surface area contributed by atoms with Gasteiger partial charge in [-0.1, -0.05) is 26.0 Å². The molecule has 0 fully saturated rings. The lowest BCUT2D eigenvalue weighted by atomic mass is 10.1. The smallest absolute Gasteiger partial charge is 0.250 e. The molecule has 0 bridgehead atoms. The minimum Gasteiger partial charge on any atom is -0.384 e. The van der Waals surface area contributed by atoms with Crippen LogP contribution >= 0.6 is 0 Å². The van der Waals surface area contributed by atoms with Crippen LogP contribution in [0.3, 0.4) is 0 Å². The van der Waals surface area contributed by atoms with E-state index in [9.17, 15) is 4.79 Å². The number of nitrogens with one attached hydrogen (secondary N) is 1. The molecule has 0 saturated carbocycles. The van der Waals surface area contributed by atoms with Gasteiger partial charge in [-0.15, -0.1) is 0 Å². The second-order valence-electron chi connectivity index (χ2n) is 3.68. The molecule has 0 atom stereocenters. The van der Waals surface area contributed by atoms with Gasteiger partial charge in [0, 0.05) is 12.2 Å². The molecule has 1 rings (SSSR count). The van der Waals surface area contributed by atoms with Crippen molar-refractivity contribution >= 4 is 11.6 Å². The van der Waals surface area contributed by atoms with Crippen LogP contribution in [0.1, 0.15) is 24.2 Å². The number of carbonyl (C=O) groups is 1. The predicted molar refractivity (Wildman–Crippen MR) is 58.3 cm³/mol. The Morgan fingerprint density at radius 3 is 2.64 bits per heavy atom. The molecule has 14 heavy (non-hydrogen) atoms. The summed E-state index contributed by atoms with van der Waals surface area (Å²) in [5.41, 5.74) is 6.60. The fraction of sp³-hybridized carbons (Fsp3) is 0.364. The predicted octanol–water partition coefficient (Wildman–Crippen LogP) is 1.85. The molecule has 1 aromatic rings. The van der Waals surface area contributed by atoms with Crippen molar-refractivity contribution in [3.63, 3.8) is 0 Å². The highest BCUT2D eigenvalue weighted by molar-refractivity contribution is 5.98. The second-order valence-corrected chi connectivity index (χ2v) is 3.68. The summed E-state index contributed by atoms with van der Waals surface area (Å²) in [6, 6.07) is 7.28. The van der Waals surface area contributed by atoms with Crippen molar-refractivity contribution in [1.82, 2.24) is 0 Å². The first-order valence-electron chi connectivity index (χ1n) is 4.74. The number of anilines is 1. The van der Waals surface area contributed by atoms with E-state index in [4.69, 9.17) is 5.73 Å². The number of hydrogen-bond acceptors (Lipinski definition) is 2. The Morgan fingerprint density at radius 1 is 1.43 bits per heavy atom. The Balaban J connectivity index is 2.79. The minimum atomic E-state index is -0.392. The highest BCUT2D eigenvalue weighted by Crippen LogP contribution is 2.14. The summed E-state index contributed by atoms with van der Waals surface area (Å²) in [4.78, 5) is 11.0. The number of para-hydroxylation sites is 1. The zero-order chi connectivity index (χ0) is 10.6. The van der Waals surface area contributed by atoms with Gasteiger partial charge < -0.3 is 11.1 Å². The number of nitrogens with two attached hydrogens (primary N) is 1. The van der Waals surface area contributed by atoms with Gasteiger partial charge in [-0.25, -0.2) is 0 Å². The van der Waals surface area contributed by atoms with Crippen LogP contribution in [0.4, 0.5) is 5.69 Å². The monoisotopic (exact) mass is 192 g/mol. The molecule has 0 unspecified atom stereocenters. The maximum atomic E-state index is 11.0. The van der Waals surface area contributed by atoms with Crippen molar-refractivity contribution in [3.05, 3.63) is 29.8 Å². The van der Waals surface area contributed by atoms with E-state index in [-0.39, 0.29) is 0 Å². The van der Waals surface area contributed by atoms with Gasteiger partial charge in [0.15, 0.2) is 0 Å². The Hall–Kier alpha value is -1.51. The first-order chi connectivity index (χ1) is 6.61. The van der Waals surface area contributed by atoms with E-state index >= 15 is 0 Å². The summed E-state index contributed by atoms with van der Waals surface area (Å²) in [7, 11) is 0. The van der Waals surface area contributed by atoms with E-state index in [2.05, 4.69) is 19.2 Å². The van der Waals surface area contributed by atoms with E-state index in [1.807, 2.05) is 12.1 Å². The largest absolute Gasteiger partial charge is 0.384 e. The molecular formula is C11H16N2O. The lowest BCUT2D eigenvalue weighted by molar-refractivity contribution is 0.100. The first kappa shape index (κ1) is 10.6. The maximum absolute atomic E-state index is 11.0. The fourth-order valence-electron chi connectivity index (χ4n) is 1.17. The molecule has 76 valence electrons. The summed E-state index contributed by atoms with van der Waals surface area (Å²) in [6.07, 6.45) is 0. The Bertz CT molecular complexity index is 321. The van der Waals surface area contributed by atoms with Gasteiger partial charge in [0.05, 0.1) is 5.56 Å². The molecule has 1 aromatic carbocycles. The van der Waals surface area contributed by atoms with Crippen LogP contribution < -0.4 is 11.1 Å². The Labute approximate surface area is 84.3 Å². The van der Waals surface area contributed by atoms with Crippen LogP contribution in [0.2, 0.25) is 0 Å². The van der Waals surface area contributed by atoms with E-state index in [1.54, 1.807) is 12.1 Å². The summed E-state index contributed by atoms with van der Waals surface area (Å²) in [5, 5.41) is 3.19. The van der Waals surface area contributed by atoms with Crippen molar-refractivity contribution in [3.8, 4) is 0 Å². The SMILES string of the molecule is CC(C)CNc1ccccc1C(N)=O. The minimum absolute atomic E-state index is 0.392. The van der Waals surface area contributed by atoms with Crippen molar-refractivity contribution < 1.29 is 4.79 Å². The van der Waals surface area contributed by atoms with Crippen LogP contribution in [-0.2, 0) is 0 Å². The average molecular weight is 192 g/mol. The van der Waals surface area contributed by atoms with Gasteiger partial charge in [0.1, 0.15) is 0 Å². The van der Waals surface area contributed by atoms with Gasteiger partial charge in [-0.05, 0) is 18.1 Å². The molecule has 0 aliphatic carbocycles. The maximum Gasteiger partial charge on any atom is 0.250 e. The third kappa shape index (κ3) is 2.76. The molecule has 0 saturated heterocycles. The number of primary amides is 1. The van der Waals surface area contributed by atoms with Crippen LogP contribution in [0.15, 0.2) is 24.3 Å². The fourth-order valence-corrected chi connectivity index (χ4v) is 1.17. The summed E-state index contributed by atoms with van der Waals surface area (Å²) < 4.78 is 0. The molecule has 0 radical (unpaired) electrons. The zero-order valence-electron chi connectivity index (χ0n) is 8.58. The van der Waals surface area contributed by atoms with Crippen LogP contribution in [0.5, 0.6) is 0 Å². The number of amides is 1. The lowest BCUT2D eigenvalue weighted by Crippen LogP contribution is -2.16. The number of rotatable bonds is 4. The zero-order valence-corrected chi connectivity index (χ0v) is 8.58. The molecule has 3 heteroatoms. The van der Waals surface area contributed by atoms with E-state index in [0.717, 1.165) is 12.2 Å². The third-order valence-corrected chi connectivity index (χ3v) is 1.89. The summed E-state index contributed by atoms with van der Waals surface area (Å²) in [6.45, 7) is 5.06. The van der Waals surface area contributed by atoms with Gasteiger partial charge in [0.25, 0.3) is 5.91 Å². The van der Waals surface area contributed by atoms with Crippen LogP contribution in [0.25, 0.3) is 0 Å². The highest BCUT2D eigenvalue weighted by Gasteiger charge is 2.06. The number of hydrogen-bond donors (Lipinski definition) is 2. The molecule has 3 N–H and O–H groups in total. The van der Waals surface area contributed by atoms with E-state index in [0.29, 0.717) is 11.5 Å². The molecule has 0 heterocycles. The highest BCUT2D eigenvalue weighted by atomic mass is 16.1. The topological polar surface area (TPSA) is 55.1 Å². The second kappa shape index (κ2) is 4.65. The average Bonchev–Trinajstić information content (AvgIpc) is 2.15. The number of carbonyl (C=O) groups excluding carboxylic acids is 1. The molecule has 3 nitrogen and oxygen atoms in total. The van der Waals surface area contributed by atoms with Crippen molar-refractivity contribution in [2.45, 2.75) is 13.8 Å². The molecule has 0 spiro atoms. The van der Waals surface area contributed by atoms with E-state index < -0.39 is 5.91 Å². The molecule has 1 amide bonds.